The summed E-state index contributed by atoms with van der Waals surface area (Å²) < 4.78 is 5.89. The molecule has 1 atom stereocenters. The third kappa shape index (κ3) is 4.18. The van der Waals surface area contributed by atoms with Gasteiger partial charge in [0.05, 0.1) is 17.1 Å². The molecule has 5 nitrogen and oxygen atoms in total. The Morgan fingerprint density at radius 1 is 1.17 bits per heavy atom. The summed E-state index contributed by atoms with van der Waals surface area (Å²) in [5.74, 6) is 0.758. The van der Waals surface area contributed by atoms with E-state index in [2.05, 4.69) is 61.2 Å². The van der Waals surface area contributed by atoms with E-state index in [1.807, 2.05) is 12.1 Å². The van der Waals surface area contributed by atoms with Crippen molar-refractivity contribution in [2.45, 2.75) is 26.0 Å². The van der Waals surface area contributed by atoms with Crippen molar-refractivity contribution in [1.29, 1.82) is 5.26 Å². The second-order valence-corrected chi connectivity index (χ2v) is 7.91. The predicted molar refractivity (Wildman–Crippen MR) is 116 cm³/mol. The van der Waals surface area contributed by atoms with Crippen LogP contribution in [0.5, 0.6) is 5.75 Å². The van der Waals surface area contributed by atoms with Gasteiger partial charge in [0.25, 0.3) is 0 Å². The highest BCUT2D eigenvalue weighted by atomic mass is 16.5. The summed E-state index contributed by atoms with van der Waals surface area (Å²) in [7, 11) is 4.31. The molecule has 3 aromatic rings. The molecule has 0 aliphatic carbocycles. The number of pyridine rings is 1. The molecule has 0 N–H and O–H groups in total. The zero-order valence-corrected chi connectivity index (χ0v) is 17.2. The maximum atomic E-state index is 8.90. The van der Waals surface area contributed by atoms with Crippen molar-refractivity contribution in [3.05, 3.63) is 65.4 Å². The number of aromatic nitrogens is 1. The highest BCUT2D eigenvalue weighted by molar-refractivity contribution is 5.92. The Bertz CT molecular complexity index is 1050. The van der Waals surface area contributed by atoms with Crippen LogP contribution in [0.25, 0.3) is 10.9 Å². The van der Waals surface area contributed by atoms with Crippen molar-refractivity contribution < 1.29 is 4.74 Å². The van der Waals surface area contributed by atoms with Crippen molar-refractivity contribution in [3.63, 3.8) is 0 Å². The molecule has 1 fully saturated rings. The van der Waals surface area contributed by atoms with Gasteiger partial charge in [0.2, 0.25) is 0 Å². The smallest absolute Gasteiger partial charge is 0.119 e. The third-order valence-electron chi connectivity index (χ3n) is 5.60. The maximum Gasteiger partial charge on any atom is 0.119 e. The summed E-state index contributed by atoms with van der Waals surface area (Å²) >= 11 is 0. The number of ether oxygens (including phenoxy) is 1. The molecule has 2 aromatic carbocycles. The van der Waals surface area contributed by atoms with E-state index in [9.17, 15) is 0 Å². The molecule has 0 radical (unpaired) electrons. The lowest BCUT2D eigenvalue weighted by Gasteiger charge is -2.23. The van der Waals surface area contributed by atoms with E-state index < -0.39 is 0 Å². The van der Waals surface area contributed by atoms with E-state index >= 15 is 0 Å². The number of nitriles is 1. The van der Waals surface area contributed by atoms with Gasteiger partial charge in [0.1, 0.15) is 12.4 Å². The summed E-state index contributed by atoms with van der Waals surface area (Å²) in [6, 6.07) is 18.5. The number of aryl methyl sites for hydroxylation is 1. The molecular formula is C24H26N4O. The van der Waals surface area contributed by atoms with Crippen LogP contribution in [-0.2, 0) is 6.61 Å². The van der Waals surface area contributed by atoms with Gasteiger partial charge in [-0.2, -0.15) is 5.26 Å². The van der Waals surface area contributed by atoms with Crippen molar-refractivity contribution in [3.8, 4) is 11.8 Å². The van der Waals surface area contributed by atoms with Gasteiger partial charge in [-0.1, -0.05) is 12.1 Å². The Kier molecular flexibility index (Phi) is 5.37. The lowest BCUT2D eigenvalue weighted by Crippen LogP contribution is -2.31. The van der Waals surface area contributed by atoms with Crippen LogP contribution in [0.15, 0.2) is 48.5 Å². The number of hydrogen-bond acceptors (Lipinski definition) is 5. The van der Waals surface area contributed by atoms with Crippen LogP contribution in [0.4, 0.5) is 5.69 Å². The minimum Gasteiger partial charge on any atom is -0.489 e. The Labute approximate surface area is 172 Å². The standard InChI is InChI=1S/C24H26N4O/c1-17-12-24(28-11-10-20(15-28)27(2)3)22-9-6-19(13-23(22)26-17)16-29-21-7-4-18(14-25)5-8-21/h4-9,12-13,20H,10-11,15-16H2,1-3H3. The molecule has 0 saturated carbocycles. The molecule has 0 bridgehead atoms. The number of anilines is 1. The second-order valence-electron chi connectivity index (χ2n) is 7.91. The first kappa shape index (κ1) is 19.2. The molecule has 1 aromatic heterocycles. The quantitative estimate of drug-likeness (QED) is 0.660. The highest BCUT2D eigenvalue weighted by Gasteiger charge is 2.25. The summed E-state index contributed by atoms with van der Waals surface area (Å²) in [6.07, 6.45) is 1.19. The van der Waals surface area contributed by atoms with Crippen molar-refractivity contribution in [1.82, 2.24) is 9.88 Å². The monoisotopic (exact) mass is 386 g/mol. The van der Waals surface area contributed by atoms with E-state index in [1.54, 1.807) is 12.1 Å². The zero-order chi connectivity index (χ0) is 20.4. The molecule has 29 heavy (non-hydrogen) atoms. The topological polar surface area (TPSA) is 52.4 Å². The number of benzene rings is 2. The van der Waals surface area contributed by atoms with Crippen LogP contribution < -0.4 is 9.64 Å². The van der Waals surface area contributed by atoms with E-state index in [-0.39, 0.29) is 0 Å². The van der Waals surface area contributed by atoms with E-state index in [0.29, 0.717) is 18.2 Å². The molecule has 0 amide bonds. The van der Waals surface area contributed by atoms with Gasteiger partial charge in [0.15, 0.2) is 0 Å². The molecular weight excluding hydrogens is 360 g/mol. The predicted octanol–water partition coefficient (Wildman–Crippen LogP) is 4.13. The van der Waals surface area contributed by atoms with Crippen LogP contribution in [0, 0.1) is 18.3 Å². The van der Waals surface area contributed by atoms with E-state index in [1.165, 1.54) is 17.5 Å². The minimum atomic E-state index is 0.471. The first-order chi connectivity index (χ1) is 14.0. The van der Waals surface area contributed by atoms with Gasteiger partial charge in [-0.3, -0.25) is 4.98 Å². The molecule has 4 rings (SSSR count). The molecule has 5 heteroatoms. The molecule has 2 heterocycles. The summed E-state index contributed by atoms with van der Waals surface area (Å²) in [5, 5.41) is 10.1. The lowest BCUT2D eigenvalue weighted by atomic mass is 10.1. The first-order valence-electron chi connectivity index (χ1n) is 9.98. The summed E-state index contributed by atoms with van der Waals surface area (Å²) in [5.41, 5.74) is 5.03. The van der Waals surface area contributed by atoms with Crippen LogP contribution in [0.2, 0.25) is 0 Å². The fourth-order valence-electron chi connectivity index (χ4n) is 3.91. The average molecular weight is 386 g/mol. The van der Waals surface area contributed by atoms with Crippen molar-refractivity contribution >= 4 is 16.6 Å². The number of nitrogens with zero attached hydrogens (tertiary/aromatic N) is 4. The Hall–Kier alpha value is -3.10. The number of fused-ring (bicyclic) bond motifs is 1. The molecule has 1 aliphatic heterocycles. The number of rotatable bonds is 5. The van der Waals surface area contributed by atoms with Gasteiger partial charge >= 0.3 is 0 Å². The first-order valence-corrected chi connectivity index (χ1v) is 9.98. The molecule has 148 valence electrons. The maximum absolute atomic E-state index is 8.90. The fourth-order valence-corrected chi connectivity index (χ4v) is 3.91. The normalized spacial score (nSPS) is 16.4. The van der Waals surface area contributed by atoms with Crippen molar-refractivity contribution in [2.75, 3.05) is 32.1 Å². The fraction of sp³-hybridized carbons (Fsp3) is 0.333. The Morgan fingerprint density at radius 3 is 2.66 bits per heavy atom. The molecule has 1 unspecified atom stereocenters. The van der Waals surface area contributed by atoms with Gasteiger partial charge in [0, 0.05) is 35.9 Å². The SMILES string of the molecule is Cc1cc(N2CCC(N(C)C)C2)c2ccc(COc3ccc(C#N)cc3)cc2n1. The van der Waals surface area contributed by atoms with Gasteiger partial charge in [-0.25, -0.2) is 0 Å². The zero-order valence-electron chi connectivity index (χ0n) is 17.2. The van der Waals surface area contributed by atoms with Crippen LogP contribution in [0.1, 0.15) is 23.2 Å². The summed E-state index contributed by atoms with van der Waals surface area (Å²) in [4.78, 5) is 9.57. The third-order valence-corrected chi connectivity index (χ3v) is 5.60. The van der Waals surface area contributed by atoms with Gasteiger partial charge in [-0.15, -0.1) is 0 Å². The van der Waals surface area contributed by atoms with Crippen LogP contribution in [-0.4, -0.2) is 43.1 Å². The van der Waals surface area contributed by atoms with Gasteiger partial charge < -0.3 is 14.5 Å². The lowest BCUT2D eigenvalue weighted by molar-refractivity contribution is 0.306. The second kappa shape index (κ2) is 8.10. The Morgan fingerprint density at radius 2 is 1.97 bits per heavy atom. The van der Waals surface area contributed by atoms with Crippen molar-refractivity contribution in [2.24, 2.45) is 0 Å². The molecule has 1 aliphatic rings. The van der Waals surface area contributed by atoms with Crippen LogP contribution in [0.3, 0.4) is 0 Å². The molecule has 1 saturated heterocycles. The van der Waals surface area contributed by atoms with Crippen LogP contribution >= 0.6 is 0 Å². The number of hydrogen-bond donors (Lipinski definition) is 0. The summed E-state index contributed by atoms with van der Waals surface area (Å²) in [6.45, 7) is 4.65. The largest absolute Gasteiger partial charge is 0.489 e. The van der Waals surface area contributed by atoms with E-state index in [4.69, 9.17) is 15.0 Å². The minimum absolute atomic E-state index is 0.471. The highest BCUT2D eigenvalue weighted by Crippen LogP contribution is 2.31. The van der Waals surface area contributed by atoms with Gasteiger partial charge in [-0.05, 0) is 69.4 Å². The Balaban J connectivity index is 1.55. The average Bonchev–Trinajstić information content (AvgIpc) is 3.22. The van der Waals surface area contributed by atoms with E-state index in [0.717, 1.165) is 35.6 Å². The number of likely N-dealkylation sites (N-methyl/N-ethyl adjacent to an activating group) is 1. The molecule has 0 spiro atoms.